The SMILES string of the molecule is N=Cc1c(-c2c(N)c(=O)[nH]c3cc4c(nc23)CCO4)ccc(F)c1N. The zero-order valence-corrected chi connectivity index (χ0v) is 13.0. The van der Waals surface area contributed by atoms with Crippen LogP contribution in [0.15, 0.2) is 23.0 Å². The Labute approximate surface area is 141 Å². The van der Waals surface area contributed by atoms with Crippen LogP contribution in [0.4, 0.5) is 15.8 Å². The first-order valence-electron chi connectivity index (χ1n) is 7.58. The number of anilines is 2. The number of H-pyrrole nitrogens is 1. The minimum absolute atomic E-state index is 0.0621. The second-order valence-electron chi connectivity index (χ2n) is 5.74. The number of halogens is 1. The Balaban J connectivity index is 2.15. The Morgan fingerprint density at radius 2 is 2.12 bits per heavy atom. The monoisotopic (exact) mass is 339 g/mol. The van der Waals surface area contributed by atoms with Gasteiger partial charge in [-0.05, 0) is 11.6 Å². The molecule has 0 aliphatic carbocycles. The molecular weight excluding hydrogens is 325 g/mol. The van der Waals surface area contributed by atoms with Crippen molar-refractivity contribution in [3.8, 4) is 16.9 Å². The van der Waals surface area contributed by atoms with E-state index in [-0.39, 0.29) is 16.9 Å². The van der Waals surface area contributed by atoms with Crippen molar-refractivity contribution in [2.75, 3.05) is 18.1 Å². The Hall–Kier alpha value is -3.42. The largest absolute Gasteiger partial charge is 0.491 e. The highest BCUT2D eigenvalue weighted by atomic mass is 19.1. The summed E-state index contributed by atoms with van der Waals surface area (Å²) in [6.07, 6.45) is 1.59. The number of aromatic amines is 1. The minimum Gasteiger partial charge on any atom is -0.491 e. The van der Waals surface area contributed by atoms with Gasteiger partial charge in [0.2, 0.25) is 0 Å². The third kappa shape index (κ3) is 2.14. The van der Waals surface area contributed by atoms with Crippen molar-refractivity contribution in [2.45, 2.75) is 6.42 Å². The molecule has 0 unspecified atom stereocenters. The van der Waals surface area contributed by atoms with Crippen molar-refractivity contribution in [3.05, 3.63) is 45.6 Å². The Kier molecular flexibility index (Phi) is 3.21. The van der Waals surface area contributed by atoms with Gasteiger partial charge in [-0.15, -0.1) is 0 Å². The predicted molar refractivity (Wildman–Crippen MR) is 93.7 cm³/mol. The number of nitrogens with two attached hydrogens (primary N) is 2. The van der Waals surface area contributed by atoms with E-state index in [1.54, 1.807) is 6.07 Å². The van der Waals surface area contributed by atoms with E-state index in [1.165, 1.54) is 12.1 Å². The van der Waals surface area contributed by atoms with Crippen LogP contribution in [0.25, 0.3) is 22.2 Å². The van der Waals surface area contributed by atoms with E-state index in [9.17, 15) is 9.18 Å². The van der Waals surface area contributed by atoms with E-state index < -0.39 is 11.4 Å². The number of nitrogen functional groups attached to an aromatic ring is 2. The summed E-state index contributed by atoms with van der Waals surface area (Å²) in [5, 5.41) is 7.59. The van der Waals surface area contributed by atoms with Crippen molar-refractivity contribution >= 4 is 28.6 Å². The van der Waals surface area contributed by atoms with Crippen LogP contribution in [0.3, 0.4) is 0 Å². The number of ether oxygens (including phenoxy) is 1. The molecule has 0 spiro atoms. The average molecular weight is 339 g/mol. The van der Waals surface area contributed by atoms with Gasteiger partial charge < -0.3 is 26.6 Å². The van der Waals surface area contributed by atoms with Crippen LogP contribution in [0.1, 0.15) is 11.3 Å². The van der Waals surface area contributed by atoms with Crippen LogP contribution in [-0.4, -0.2) is 22.8 Å². The third-order valence-corrected chi connectivity index (χ3v) is 4.30. The number of rotatable bonds is 2. The highest BCUT2D eigenvalue weighted by Crippen LogP contribution is 2.37. The number of nitrogens with zero attached hydrogens (tertiary/aromatic N) is 1. The molecule has 7 nitrogen and oxygen atoms in total. The zero-order valence-electron chi connectivity index (χ0n) is 13.0. The molecule has 0 saturated carbocycles. The topological polar surface area (TPSA) is 131 Å². The van der Waals surface area contributed by atoms with Crippen molar-refractivity contribution in [3.63, 3.8) is 0 Å². The highest BCUT2D eigenvalue weighted by molar-refractivity contribution is 6.05. The summed E-state index contributed by atoms with van der Waals surface area (Å²) in [6.45, 7) is 0.517. The molecule has 6 N–H and O–H groups in total. The predicted octanol–water partition coefficient (Wildman–Crippen LogP) is 1.83. The molecule has 0 saturated heterocycles. The van der Waals surface area contributed by atoms with Gasteiger partial charge in [-0.2, -0.15) is 0 Å². The van der Waals surface area contributed by atoms with Gasteiger partial charge in [0, 0.05) is 29.8 Å². The van der Waals surface area contributed by atoms with E-state index in [0.717, 1.165) is 11.9 Å². The molecular formula is C17H14FN5O2. The molecule has 0 bridgehead atoms. The minimum atomic E-state index is -0.641. The molecule has 8 heteroatoms. The van der Waals surface area contributed by atoms with Crippen LogP contribution in [0.5, 0.6) is 5.75 Å². The van der Waals surface area contributed by atoms with Crippen molar-refractivity contribution in [1.29, 1.82) is 5.41 Å². The average Bonchev–Trinajstić information content (AvgIpc) is 3.04. The third-order valence-electron chi connectivity index (χ3n) is 4.30. The van der Waals surface area contributed by atoms with Crippen LogP contribution in [-0.2, 0) is 6.42 Å². The lowest BCUT2D eigenvalue weighted by Gasteiger charge is -2.14. The van der Waals surface area contributed by atoms with E-state index in [0.29, 0.717) is 40.9 Å². The molecule has 0 atom stereocenters. The molecule has 25 heavy (non-hydrogen) atoms. The first-order valence-corrected chi connectivity index (χ1v) is 7.58. The van der Waals surface area contributed by atoms with Crippen LogP contribution in [0, 0.1) is 11.2 Å². The maximum absolute atomic E-state index is 13.8. The quantitative estimate of drug-likeness (QED) is 0.418. The Bertz CT molecular complexity index is 1110. The van der Waals surface area contributed by atoms with Gasteiger partial charge in [-0.25, -0.2) is 9.37 Å². The van der Waals surface area contributed by atoms with Crippen LogP contribution in [0.2, 0.25) is 0 Å². The molecule has 1 aromatic carbocycles. The van der Waals surface area contributed by atoms with Crippen molar-refractivity contribution in [1.82, 2.24) is 9.97 Å². The smallest absolute Gasteiger partial charge is 0.272 e. The summed E-state index contributed by atoms with van der Waals surface area (Å²) in [7, 11) is 0. The highest BCUT2D eigenvalue weighted by Gasteiger charge is 2.22. The van der Waals surface area contributed by atoms with Gasteiger partial charge >= 0.3 is 0 Å². The molecule has 0 fully saturated rings. The van der Waals surface area contributed by atoms with Gasteiger partial charge in [0.15, 0.2) is 0 Å². The molecule has 1 aliphatic rings. The van der Waals surface area contributed by atoms with E-state index in [1.807, 2.05) is 0 Å². The molecule has 0 radical (unpaired) electrons. The van der Waals surface area contributed by atoms with Gasteiger partial charge in [-0.3, -0.25) is 4.79 Å². The maximum atomic E-state index is 13.8. The fourth-order valence-corrected chi connectivity index (χ4v) is 3.07. The maximum Gasteiger partial charge on any atom is 0.272 e. The van der Waals surface area contributed by atoms with E-state index >= 15 is 0 Å². The summed E-state index contributed by atoms with van der Waals surface area (Å²) >= 11 is 0. The summed E-state index contributed by atoms with van der Waals surface area (Å²) in [5.41, 5.74) is 13.6. The summed E-state index contributed by atoms with van der Waals surface area (Å²) in [6, 6.07) is 4.33. The van der Waals surface area contributed by atoms with E-state index in [4.69, 9.17) is 21.6 Å². The number of hydrogen-bond donors (Lipinski definition) is 4. The van der Waals surface area contributed by atoms with Crippen molar-refractivity contribution < 1.29 is 9.13 Å². The second kappa shape index (κ2) is 5.30. The fraction of sp³-hybridized carbons (Fsp3) is 0.118. The first kappa shape index (κ1) is 15.1. The first-order chi connectivity index (χ1) is 12.0. The number of pyridine rings is 2. The molecule has 3 aromatic rings. The normalized spacial score (nSPS) is 12.8. The van der Waals surface area contributed by atoms with Crippen LogP contribution < -0.4 is 21.8 Å². The molecule has 3 heterocycles. The summed E-state index contributed by atoms with van der Waals surface area (Å²) in [5.74, 6) is -0.0259. The molecule has 2 aromatic heterocycles. The number of aromatic nitrogens is 2. The zero-order chi connectivity index (χ0) is 17.7. The lowest BCUT2D eigenvalue weighted by molar-refractivity contribution is 0.357. The van der Waals surface area contributed by atoms with Crippen LogP contribution >= 0.6 is 0 Å². The Morgan fingerprint density at radius 3 is 2.88 bits per heavy atom. The van der Waals surface area contributed by atoms with E-state index in [2.05, 4.69) is 9.97 Å². The number of fused-ring (bicyclic) bond motifs is 2. The van der Waals surface area contributed by atoms with Crippen molar-refractivity contribution in [2.24, 2.45) is 0 Å². The van der Waals surface area contributed by atoms with Gasteiger partial charge in [0.1, 0.15) is 17.3 Å². The molecule has 0 amide bonds. The van der Waals surface area contributed by atoms with Gasteiger partial charge in [0.05, 0.1) is 29.0 Å². The standard InChI is InChI=1S/C17H14FN5O2/c18-9-2-1-7(8(6-19)14(9)20)13-15(21)17(24)23-11-5-12-10(3-4-25-12)22-16(11)13/h1-2,5-6,19H,3-4,20-21H2,(H,23,24). The van der Waals surface area contributed by atoms with Gasteiger partial charge in [0.25, 0.3) is 5.56 Å². The fourth-order valence-electron chi connectivity index (χ4n) is 3.07. The Morgan fingerprint density at radius 1 is 1.32 bits per heavy atom. The molecule has 126 valence electrons. The number of nitrogens with one attached hydrogen (secondary N) is 2. The van der Waals surface area contributed by atoms with Gasteiger partial charge in [-0.1, -0.05) is 6.07 Å². The summed E-state index contributed by atoms with van der Waals surface area (Å²) < 4.78 is 19.3. The molecule has 4 rings (SSSR count). The molecule has 1 aliphatic heterocycles. The number of benzene rings is 1. The summed E-state index contributed by atoms with van der Waals surface area (Å²) in [4.78, 5) is 19.5. The lowest BCUT2D eigenvalue weighted by Crippen LogP contribution is -2.15. The number of hydrogen-bond acceptors (Lipinski definition) is 6. The second-order valence-corrected chi connectivity index (χ2v) is 5.74. The lowest BCUT2D eigenvalue weighted by atomic mass is 9.96.